The molecule has 7 aromatic rings. The quantitative estimate of drug-likeness (QED) is 0.270. The van der Waals surface area contributed by atoms with Gasteiger partial charge in [0, 0.05) is 51.1 Å². The second-order valence-corrected chi connectivity index (χ2v) is 10.5. The molecular formula is C38H26N4. The van der Waals surface area contributed by atoms with E-state index >= 15 is 0 Å². The lowest BCUT2D eigenvalue weighted by molar-refractivity contribution is 1.01. The van der Waals surface area contributed by atoms with E-state index in [4.69, 9.17) is 9.97 Å². The number of rotatable bonds is 4. The predicted octanol–water partition coefficient (Wildman–Crippen LogP) is 6.72. The van der Waals surface area contributed by atoms with Crippen molar-refractivity contribution in [3.63, 3.8) is 0 Å². The van der Waals surface area contributed by atoms with E-state index in [1.165, 1.54) is 15.8 Å². The molecule has 2 aromatic heterocycles. The number of pyridine rings is 1. The van der Waals surface area contributed by atoms with Crippen LogP contribution in [-0.4, -0.2) is 21.5 Å². The van der Waals surface area contributed by atoms with Crippen molar-refractivity contribution in [3.05, 3.63) is 150 Å². The molecule has 198 valence electrons. The topological polar surface area (TPSA) is 50.7 Å². The monoisotopic (exact) mass is 538 g/mol. The van der Waals surface area contributed by atoms with E-state index in [0.29, 0.717) is 5.82 Å². The van der Waals surface area contributed by atoms with Crippen molar-refractivity contribution >= 4 is 33.4 Å². The Hall–Kier alpha value is -5.61. The fraction of sp³-hybridized carbons (Fsp3) is 0.0263. The molecule has 1 aliphatic heterocycles. The van der Waals surface area contributed by atoms with Crippen LogP contribution in [0.3, 0.4) is 0 Å². The minimum absolute atomic E-state index is 0.706. The summed E-state index contributed by atoms with van der Waals surface area (Å²) in [7, 11) is 0. The summed E-state index contributed by atoms with van der Waals surface area (Å²) in [6.45, 7) is 0.823. The molecule has 8 rings (SSSR count). The normalized spacial score (nSPS) is 12.5. The minimum atomic E-state index is 0.706. The molecule has 4 heteroatoms. The van der Waals surface area contributed by atoms with Crippen LogP contribution in [0.4, 0.5) is 0 Å². The van der Waals surface area contributed by atoms with Crippen LogP contribution in [0.1, 0.15) is 5.56 Å². The van der Waals surface area contributed by atoms with E-state index in [2.05, 4.69) is 126 Å². The average Bonchev–Trinajstić information content (AvgIpc) is 3.07. The molecular weight excluding hydrogens is 512 g/mol. The van der Waals surface area contributed by atoms with E-state index < -0.39 is 0 Å². The zero-order valence-corrected chi connectivity index (χ0v) is 22.8. The second kappa shape index (κ2) is 10.1. The first-order valence-electron chi connectivity index (χ1n) is 14.2. The Morgan fingerprint density at radius 3 is 2.05 bits per heavy atom. The highest BCUT2D eigenvalue weighted by Gasteiger charge is 2.14. The third-order valence-corrected chi connectivity index (χ3v) is 7.97. The molecule has 0 aliphatic carbocycles. The molecule has 1 aliphatic rings. The Morgan fingerprint density at radius 1 is 0.524 bits per heavy atom. The average molecular weight is 539 g/mol. The summed E-state index contributed by atoms with van der Waals surface area (Å²) in [6.07, 6.45) is 4.10. The number of aromatic nitrogens is 3. The van der Waals surface area contributed by atoms with Crippen molar-refractivity contribution in [1.82, 2.24) is 20.3 Å². The van der Waals surface area contributed by atoms with Gasteiger partial charge < -0.3 is 5.32 Å². The van der Waals surface area contributed by atoms with Gasteiger partial charge in [-0.2, -0.15) is 0 Å². The lowest BCUT2D eigenvalue weighted by Gasteiger charge is -2.15. The van der Waals surface area contributed by atoms with Crippen molar-refractivity contribution in [2.75, 3.05) is 6.54 Å². The van der Waals surface area contributed by atoms with Crippen LogP contribution in [0.2, 0.25) is 0 Å². The van der Waals surface area contributed by atoms with E-state index in [1.807, 2.05) is 24.4 Å². The van der Waals surface area contributed by atoms with Crippen LogP contribution in [-0.2, 0) is 0 Å². The maximum Gasteiger partial charge on any atom is 0.160 e. The Morgan fingerprint density at radius 2 is 1.19 bits per heavy atom. The zero-order valence-electron chi connectivity index (χ0n) is 22.8. The Labute approximate surface area is 243 Å². The summed E-state index contributed by atoms with van der Waals surface area (Å²) in [5, 5.41) is 9.42. The number of nitrogens with one attached hydrogen (secondary N) is 1. The van der Waals surface area contributed by atoms with Gasteiger partial charge in [-0.15, -0.1) is 0 Å². The first-order chi connectivity index (χ1) is 20.8. The molecule has 4 nitrogen and oxygen atoms in total. The summed E-state index contributed by atoms with van der Waals surface area (Å²) in [4.78, 5) is 14.8. The molecule has 0 bridgehead atoms. The van der Waals surface area contributed by atoms with Crippen molar-refractivity contribution in [1.29, 1.82) is 0 Å². The van der Waals surface area contributed by atoms with Gasteiger partial charge in [0.25, 0.3) is 0 Å². The molecule has 0 saturated carbocycles. The molecule has 5 aromatic carbocycles. The lowest BCUT2D eigenvalue weighted by atomic mass is 10.0. The van der Waals surface area contributed by atoms with Crippen molar-refractivity contribution in [3.8, 4) is 33.9 Å². The second-order valence-electron chi connectivity index (χ2n) is 10.5. The Balaban J connectivity index is 1.20. The van der Waals surface area contributed by atoms with E-state index in [0.717, 1.165) is 62.2 Å². The summed E-state index contributed by atoms with van der Waals surface area (Å²) in [6, 6.07) is 44.3. The van der Waals surface area contributed by atoms with Crippen molar-refractivity contribution in [2.45, 2.75) is 0 Å². The molecule has 0 spiro atoms. The maximum absolute atomic E-state index is 5.12. The van der Waals surface area contributed by atoms with E-state index in [1.54, 1.807) is 0 Å². The van der Waals surface area contributed by atoms with Crippen LogP contribution in [0.5, 0.6) is 0 Å². The van der Waals surface area contributed by atoms with Gasteiger partial charge in [0.1, 0.15) is 0 Å². The zero-order chi connectivity index (χ0) is 27.9. The summed E-state index contributed by atoms with van der Waals surface area (Å²) < 4.78 is 0. The van der Waals surface area contributed by atoms with Crippen LogP contribution in [0.25, 0.3) is 67.4 Å². The van der Waals surface area contributed by atoms with Gasteiger partial charge in [-0.1, -0.05) is 121 Å². The number of para-hydroxylation sites is 1. The van der Waals surface area contributed by atoms with Crippen LogP contribution >= 0.6 is 0 Å². The highest BCUT2D eigenvalue weighted by molar-refractivity contribution is 5.95. The first kappa shape index (κ1) is 24.2. The smallest absolute Gasteiger partial charge is 0.160 e. The van der Waals surface area contributed by atoms with E-state index in [-0.39, 0.29) is 0 Å². The maximum atomic E-state index is 5.12. The van der Waals surface area contributed by atoms with Gasteiger partial charge in [0.05, 0.1) is 16.9 Å². The molecule has 0 unspecified atom stereocenters. The molecule has 0 amide bonds. The Kier molecular flexibility index (Phi) is 5.82. The van der Waals surface area contributed by atoms with Crippen LogP contribution in [0, 0.1) is 0 Å². The number of nitrogens with zero attached hydrogens (tertiary/aromatic N) is 3. The largest absolute Gasteiger partial charge is 0.381 e. The van der Waals surface area contributed by atoms with Gasteiger partial charge >= 0.3 is 0 Å². The lowest BCUT2D eigenvalue weighted by Crippen LogP contribution is -2.37. The number of benzene rings is 5. The number of fused-ring (bicyclic) bond motifs is 3. The summed E-state index contributed by atoms with van der Waals surface area (Å²) in [5.74, 6) is 0.706. The fourth-order valence-corrected chi connectivity index (χ4v) is 5.87. The third kappa shape index (κ3) is 4.21. The molecule has 0 atom stereocenters. The molecule has 42 heavy (non-hydrogen) atoms. The van der Waals surface area contributed by atoms with Crippen LogP contribution in [0.15, 0.2) is 134 Å². The highest BCUT2D eigenvalue weighted by atomic mass is 14.9. The highest BCUT2D eigenvalue weighted by Crippen LogP contribution is 2.32. The van der Waals surface area contributed by atoms with Gasteiger partial charge in [-0.3, -0.25) is 4.98 Å². The van der Waals surface area contributed by atoms with Gasteiger partial charge in [-0.05, 0) is 28.3 Å². The predicted molar refractivity (Wildman–Crippen MR) is 172 cm³/mol. The molecule has 3 heterocycles. The van der Waals surface area contributed by atoms with Gasteiger partial charge in [-0.25, -0.2) is 9.97 Å². The number of hydrogen-bond acceptors (Lipinski definition) is 4. The van der Waals surface area contributed by atoms with E-state index in [9.17, 15) is 0 Å². The van der Waals surface area contributed by atoms with Gasteiger partial charge in [0.15, 0.2) is 5.82 Å². The van der Waals surface area contributed by atoms with Crippen LogP contribution < -0.4 is 15.8 Å². The summed E-state index contributed by atoms with van der Waals surface area (Å²) >= 11 is 0. The fourth-order valence-electron chi connectivity index (χ4n) is 5.87. The number of hydrogen-bond donors (Lipinski definition) is 1. The van der Waals surface area contributed by atoms with Crippen molar-refractivity contribution in [2.24, 2.45) is 0 Å². The minimum Gasteiger partial charge on any atom is -0.381 e. The molecule has 0 fully saturated rings. The van der Waals surface area contributed by atoms with Crippen molar-refractivity contribution < 1.29 is 0 Å². The Bertz CT molecular complexity index is 2230. The SMILES string of the molecule is C1=c2ccccc2=C(c2ccc(-c3nc(-c4ccc(-c5nccc6ccccc56)cc4)nc4ccccc34)cc2)NC1. The van der Waals surface area contributed by atoms with Gasteiger partial charge in [0.2, 0.25) is 0 Å². The molecule has 0 radical (unpaired) electrons. The first-order valence-corrected chi connectivity index (χ1v) is 14.2. The summed E-state index contributed by atoms with van der Waals surface area (Å²) in [5.41, 5.74) is 8.25. The molecule has 0 saturated heterocycles. The third-order valence-electron chi connectivity index (χ3n) is 7.97. The standard InChI is InChI=1S/C38H26N4/c1-3-9-31-25(7-1)21-23-39-35(31)27-13-15-29(16-14-27)37-33-11-5-6-12-34(33)41-38(42-37)30-19-17-28(18-20-30)36-32-10-4-2-8-26(32)22-24-40-36/h1-22,24,39H,23H2. The molecule has 1 N–H and O–H groups in total.